The van der Waals surface area contributed by atoms with Crippen molar-refractivity contribution in [2.45, 2.75) is 44.7 Å². The molecule has 7 rings (SSSR count). The third kappa shape index (κ3) is 3.22. The number of amides is 1. The normalized spacial score (nSPS) is 20.9. The molecule has 7 nitrogen and oxygen atoms in total. The molecule has 1 aromatic carbocycles. The van der Waals surface area contributed by atoms with E-state index in [0.29, 0.717) is 24.0 Å². The number of fused-ring (bicyclic) bond motifs is 3. The summed E-state index contributed by atoms with van der Waals surface area (Å²) in [4.78, 5) is 21.3. The number of hydrogen-bond acceptors (Lipinski definition) is 5. The average molecular weight is 479 g/mol. The van der Waals surface area contributed by atoms with Crippen molar-refractivity contribution in [3.05, 3.63) is 64.6 Å². The molecule has 2 saturated carbocycles. The van der Waals surface area contributed by atoms with Gasteiger partial charge >= 0.3 is 0 Å². The number of benzene rings is 1. The highest BCUT2D eigenvalue weighted by atomic mass is 35.5. The van der Waals surface area contributed by atoms with E-state index in [1.165, 1.54) is 12.3 Å². The number of hydrogen-bond donors (Lipinski definition) is 0. The maximum Gasteiger partial charge on any atom is 0.226 e. The Morgan fingerprint density at radius 1 is 1.09 bits per heavy atom. The van der Waals surface area contributed by atoms with Gasteiger partial charge in [0.15, 0.2) is 5.82 Å². The SMILES string of the molecule is O=C(C1CC1)N1Cc2cc(Cl)ccc2-n2c(nnc2C2CC3(C2)CN(c2ccc(F)cn2)C3)C1. The van der Waals surface area contributed by atoms with Crippen LogP contribution in [0.15, 0.2) is 36.5 Å². The highest BCUT2D eigenvalue weighted by Crippen LogP contribution is 2.56. The van der Waals surface area contributed by atoms with E-state index in [9.17, 15) is 9.18 Å². The third-order valence-electron chi connectivity index (χ3n) is 7.78. The van der Waals surface area contributed by atoms with Gasteiger partial charge in [0.2, 0.25) is 5.91 Å². The van der Waals surface area contributed by atoms with E-state index < -0.39 is 0 Å². The first-order valence-electron chi connectivity index (χ1n) is 11.9. The van der Waals surface area contributed by atoms with E-state index >= 15 is 0 Å². The van der Waals surface area contributed by atoms with Crippen LogP contribution < -0.4 is 4.90 Å². The van der Waals surface area contributed by atoms with Crippen molar-refractivity contribution in [1.29, 1.82) is 0 Å². The van der Waals surface area contributed by atoms with Gasteiger partial charge in [0.05, 0.1) is 18.4 Å². The van der Waals surface area contributed by atoms with Crippen LogP contribution in [0.25, 0.3) is 5.69 Å². The van der Waals surface area contributed by atoms with Crippen LogP contribution in [0.5, 0.6) is 0 Å². The molecule has 1 saturated heterocycles. The number of halogens is 2. The van der Waals surface area contributed by atoms with E-state index in [1.807, 2.05) is 23.1 Å². The van der Waals surface area contributed by atoms with Crippen LogP contribution in [0.2, 0.25) is 5.02 Å². The van der Waals surface area contributed by atoms with Gasteiger partial charge in [-0.2, -0.15) is 0 Å². The fraction of sp³-hybridized carbons (Fsp3) is 0.440. The van der Waals surface area contributed by atoms with E-state index in [1.54, 1.807) is 6.07 Å². The van der Waals surface area contributed by atoms with Crippen LogP contribution >= 0.6 is 11.6 Å². The second kappa shape index (κ2) is 7.25. The molecule has 0 radical (unpaired) electrons. The maximum atomic E-state index is 13.2. The first-order chi connectivity index (χ1) is 16.5. The summed E-state index contributed by atoms with van der Waals surface area (Å²) in [6.45, 7) is 2.87. The minimum atomic E-state index is -0.311. The lowest BCUT2D eigenvalue weighted by Gasteiger charge is -2.59. The number of anilines is 1. The Hall–Kier alpha value is -3.00. The predicted molar refractivity (Wildman–Crippen MR) is 124 cm³/mol. The van der Waals surface area contributed by atoms with Crippen LogP contribution in [0.3, 0.4) is 0 Å². The Morgan fingerprint density at radius 2 is 1.91 bits per heavy atom. The van der Waals surface area contributed by atoms with Gasteiger partial charge in [-0.25, -0.2) is 9.37 Å². The van der Waals surface area contributed by atoms with Gasteiger partial charge in [-0.15, -0.1) is 10.2 Å². The van der Waals surface area contributed by atoms with Gasteiger partial charge in [0.1, 0.15) is 17.5 Å². The molecule has 4 heterocycles. The lowest BCUT2D eigenvalue weighted by atomic mass is 9.57. The molecule has 3 aromatic rings. The third-order valence-corrected chi connectivity index (χ3v) is 8.02. The van der Waals surface area contributed by atoms with Crippen LogP contribution in [-0.4, -0.2) is 43.6 Å². The van der Waals surface area contributed by atoms with Gasteiger partial charge in [-0.1, -0.05) is 11.6 Å². The van der Waals surface area contributed by atoms with Crippen molar-refractivity contribution in [2.24, 2.45) is 11.3 Å². The van der Waals surface area contributed by atoms with Gasteiger partial charge in [-0.3, -0.25) is 9.36 Å². The van der Waals surface area contributed by atoms with E-state index in [0.717, 1.165) is 67.5 Å². The van der Waals surface area contributed by atoms with Gasteiger partial charge in [0.25, 0.3) is 0 Å². The minimum absolute atomic E-state index is 0.153. The summed E-state index contributed by atoms with van der Waals surface area (Å²) in [6, 6.07) is 9.09. The molecule has 3 fully saturated rings. The molecule has 9 heteroatoms. The summed E-state index contributed by atoms with van der Waals surface area (Å²) < 4.78 is 15.4. The summed E-state index contributed by atoms with van der Waals surface area (Å²) in [6.07, 6.45) is 5.30. The Labute approximate surface area is 201 Å². The Morgan fingerprint density at radius 3 is 2.65 bits per heavy atom. The van der Waals surface area contributed by atoms with Crippen LogP contribution in [0.1, 0.15) is 48.8 Å². The summed E-state index contributed by atoms with van der Waals surface area (Å²) in [5, 5.41) is 9.84. The molecule has 2 aromatic heterocycles. The van der Waals surface area contributed by atoms with E-state index in [4.69, 9.17) is 11.6 Å². The largest absolute Gasteiger partial charge is 0.355 e. The molecule has 34 heavy (non-hydrogen) atoms. The predicted octanol–water partition coefficient (Wildman–Crippen LogP) is 4.09. The molecule has 2 aliphatic heterocycles. The number of carbonyl (C=O) groups excluding carboxylic acids is 1. The van der Waals surface area contributed by atoms with Crippen LogP contribution in [0, 0.1) is 17.2 Å². The maximum absolute atomic E-state index is 13.2. The number of nitrogens with zero attached hydrogens (tertiary/aromatic N) is 6. The quantitative estimate of drug-likeness (QED) is 0.567. The Bertz CT molecular complexity index is 1290. The van der Waals surface area contributed by atoms with Gasteiger partial charge < -0.3 is 9.80 Å². The molecule has 0 atom stereocenters. The van der Waals surface area contributed by atoms with Crippen LogP contribution in [-0.2, 0) is 17.9 Å². The first kappa shape index (κ1) is 20.4. The van der Waals surface area contributed by atoms with E-state index in [2.05, 4.69) is 24.6 Å². The summed E-state index contributed by atoms with van der Waals surface area (Å²) in [7, 11) is 0. The molecule has 0 unspecified atom stereocenters. The standard InChI is InChI=1S/C25H24ClFN6O/c26-18-3-5-20-16(7-18)11-31(24(34)15-1-2-15)12-22-29-30-23(33(20)22)17-8-25(9-17)13-32(14-25)21-6-4-19(27)10-28-21/h3-7,10,15,17H,1-2,8-9,11-14H2. The Balaban J connectivity index is 1.14. The van der Waals surface area contributed by atoms with Crippen LogP contribution in [0.4, 0.5) is 10.2 Å². The summed E-state index contributed by atoms with van der Waals surface area (Å²) in [5.74, 6) is 2.99. The summed E-state index contributed by atoms with van der Waals surface area (Å²) >= 11 is 6.34. The number of carbonyl (C=O) groups is 1. The first-order valence-corrected chi connectivity index (χ1v) is 12.2. The van der Waals surface area contributed by atoms with Crippen molar-refractivity contribution >= 4 is 23.3 Å². The minimum Gasteiger partial charge on any atom is -0.355 e. The lowest BCUT2D eigenvalue weighted by Crippen LogP contribution is -2.62. The van der Waals surface area contributed by atoms with E-state index in [-0.39, 0.29) is 23.1 Å². The van der Waals surface area contributed by atoms with Crippen molar-refractivity contribution in [1.82, 2.24) is 24.6 Å². The molecular weight excluding hydrogens is 455 g/mol. The fourth-order valence-electron chi connectivity index (χ4n) is 5.94. The zero-order valence-electron chi connectivity index (χ0n) is 18.6. The topological polar surface area (TPSA) is 67.2 Å². The highest BCUT2D eigenvalue weighted by molar-refractivity contribution is 6.30. The smallest absolute Gasteiger partial charge is 0.226 e. The number of pyridine rings is 1. The molecule has 2 aliphatic carbocycles. The lowest BCUT2D eigenvalue weighted by molar-refractivity contribution is -0.133. The molecule has 4 aliphatic rings. The molecule has 0 bridgehead atoms. The zero-order valence-corrected chi connectivity index (χ0v) is 19.4. The van der Waals surface area contributed by atoms with Gasteiger partial charge in [0, 0.05) is 41.9 Å². The van der Waals surface area contributed by atoms with Crippen molar-refractivity contribution in [3.8, 4) is 5.69 Å². The van der Waals surface area contributed by atoms with Crippen molar-refractivity contribution in [2.75, 3.05) is 18.0 Å². The molecule has 1 amide bonds. The van der Waals surface area contributed by atoms with Crippen molar-refractivity contribution < 1.29 is 9.18 Å². The number of aromatic nitrogens is 4. The number of rotatable bonds is 3. The average Bonchev–Trinajstić information content (AvgIpc) is 3.56. The fourth-order valence-corrected chi connectivity index (χ4v) is 6.14. The molecule has 0 N–H and O–H groups in total. The molecule has 174 valence electrons. The highest BCUT2D eigenvalue weighted by Gasteiger charge is 2.54. The molecular formula is C25H24ClFN6O. The summed E-state index contributed by atoms with van der Waals surface area (Å²) in [5.41, 5.74) is 2.32. The van der Waals surface area contributed by atoms with Gasteiger partial charge in [-0.05, 0) is 61.6 Å². The molecule has 1 spiro atoms. The Kier molecular flexibility index (Phi) is 4.34. The van der Waals surface area contributed by atoms with Crippen molar-refractivity contribution in [3.63, 3.8) is 0 Å². The zero-order chi connectivity index (χ0) is 23.0. The second-order valence-electron chi connectivity index (χ2n) is 10.3. The monoisotopic (exact) mass is 478 g/mol. The second-order valence-corrected chi connectivity index (χ2v) is 10.8.